The summed E-state index contributed by atoms with van der Waals surface area (Å²) in [5.74, 6) is 2.26. The van der Waals surface area contributed by atoms with Crippen molar-refractivity contribution in [3.05, 3.63) is 23.8 Å². The summed E-state index contributed by atoms with van der Waals surface area (Å²) in [6.45, 7) is 4.82. The Morgan fingerprint density at radius 3 is 2.57 bits per heavy atom. The van der Waals surface area contributed by atoms with Crippen molar-refractivity contribution in [2.75, 3.05) is 33.9 Å². The Bertz CT molecular complexity index is 446. The van der Waals surface area contributed by atoms with Gasteiger partial charge in [0, 0.05) is 18.7 Å². The molecule has 1 aromatic carbocycles. The number of ether oxygens (including phenoxy) is 2. The van der Waals surface area contributed by atoms with Crippen LogP contribution >= 0.6 is 0 Å². The van der Waals surface area contributed by atoms with Crippen LogP contribution in [0.4, 0.5) is 0 Å². The molecule has 0 spiro atoms. The molecule has 1 saturated carbocycles. The van der Waals surface area contributed by atoms with Gasteiger partial charge in [-0.2, -0.15) is 0 Å². The number of aliphatic hydroxyl groups is 1. The van der Waals surface area contributed by atoms with Gasteiger partial charge in [0.25, 0.3) is 0 Å². The lowest BCUT2D eigenvalue weighted by Crippen LogP contribution is -2.35. The van der Waals surface area contributed by atoms with Gasteiger partial charge in [0.2, 0.25) is 0 Å². The average molecular weight is 293 g/mol. The molecule has 21 heavy (non-hydrogen) atoms. The number of rotatable bonds is 8. The van der Waals surface area contributed by atoms with Crippen LogP contribution in [0.25, 0.3) is 0 Å². The van der Waals surface area contributed by atoms with Gasteiger partial charge >= 0.3 is 0 Å². The molecular formula is C17H27NO3. The number of nitrogens with zero attached hydrogens (tertiary/aromatic N) is 1. The zero-order valence-corrected chi connectivity index (χ0v) is 13.3. The first kappa shape index (κ1) is 16.1. The number of benzene rings is 1. The molecule has 0 aromatic heterocycles. The topological polar surface area (TPSA) is 41.9 Å². The van der Waals surface area contributed by atoms with Gasteiger partial charge in [0.05, 0.1) is 20.3 Å². The van der Waals surface area contributed by atoms with Crippen molar-refractivity contribution in [2.45, 2.75) is 32.3 Å². The first-order valence-electron chi connectivity index (χ1n) is 7.80. The lowest BCUT2D eigenvalue weighted by atomic mass is 9.85. The quantitative estimate of drug-likeness (QED) is 0.800. The van der Waals surface area contributed by atoms with E-state index in [2.05, 4.69) is 11.8 Å². The molecule has 1 aromatic rings. The molecule has 4 heteroatoms. The van der Waals surface area contributed by atoms with Gasteiger partial charge in [-0.3, -0.25) is 0 Å². The van der Waals surface area contributed by atoms with Gasteiger partial charge in [-0.05, 0) is 43.5 Å². The first-order chi connectivity index (χ1) is 10.2. The molecule has 0 radical (unpaired) electrons. The van der Waals surface area contributed by atoms with E-state index in [-0.39, 0.29) is 0 Å². The number of hydrogen-bond acceptors (Lipinski definition) is 4. The molecule has 1 fully saturated rings. The molecule has 2 rings (SSSR count). The van der Waals surface area contributed by atoms with E-state index in [0.717, 1.165) is 30.3 Å². The largest absolute Gasteiger partial charge is 0.497 e. The SMILES string of the molecule is CCN(CC1CCC1)CC(O)c1cc(OC)ccc1OC. The van der Waals surface area contributed by atoms with Crippen LogP contribution in [0.1, 0.15) is 37.9 Å². The van der Waals surface area contributed by atoms with Gasteiger partial charge in [0.1, 0.15) is 11.5 Å². The van der Waals surface area contributed by atoms with Gasteiger partial charge < -0.3 is 19.5 Å². The van der Waals surface area contributed by atoms with Crippen molar-refractivity contribution in [2.24, 2.45) is 5.92 Å². The van der Waals surface area contributed by atoms with E-state index in [1.165, 1.54) is 19.3 Å². The minimum atomic E-state index is -0.560. The van der Waals surface area contributed by atoms with E-state index in [4.69, 9.17) is 9.47 Å². The van der Waals surface area contributed by atoms with Crippen LogP contribution in [0, 0.1) is 5.92 Å². The highest BCUT2D eigenvalue weighted by molar-refractivity contribution is 5.41. The van der Waals surface area contributed by atoms with Crippen molar-refractivity contribution in [3.63, 3.8) is 0 Å². The molecule has 1 unspecified atom stereocenters. The van der Waals surface area contributed by atoms with E-state index in [1.807, 2.05) is 18.2 Å². The third-order valence-electron chi connectivity index (χ3n) is 4.42. The molecule has 0 saturated heterocycles. The fourth-order valence-electron chi connectivity index (χ4n) is 2.82. The monoisotopic (exact) mass is 293 g/mol. The standard InChI is InChI=1S/C17H27NO3/c1-4-18(11-13-6-5-7-13)12-16(19)15-10-14(20-2)8-9-17(15)21-3/h8-10,13,16,19H,4-7,11-12H2,1-3H3. The summed E-state index contributed by atoms with van der Waals surface area (Å²) in [5, 5.41) is 10.6. The van der Waals surface area contributed by atoms with Gasteiger partial charge in [0.15, 0.2) is 0 Å². The average Bonchev–Trinajstić information content (AvgIpc) is 2.48. The number of hydrogen-bond donors (Lipinski definition) is 1. The summed E-state index contributed by atoms with van der Waals surface area (Å²) in [6, 6.07) is 5.56. The van der Waals surface area contributed by atoms with Crippen molar-refractivity contribution in [1.82, 2.24) is 4.90 Å². The fraction of sp³-hybridized carbons (Fsp3) is 0.647. The molecule has 1 N–H and O–H groups in total. The van der Waals surface area contributed by atoms with Gasteiger partial charge in [-0.15, -0.1) is 0 Å². The Morgan fingerprint density at radius 1 is 1.29 bits per heavy atom. The van der Waals surface area contributed by atoms with Crippen LogP contribution in [0.5, 0.6) is 11.5 Å². The maximum atomic E-state index is 10.6. The third-order valence-corrected chi connectivity index (χ3v) is 4.42. The van der Waals surface area contributed by atoms with Crippen LogP contribution in [0.3, 0.4) is 0 Å². The molecule has 0 bridgehead atoms. The summed E-state index contributed by atoms with van der Waals surface area (Å²) < 4.78 is 10.6. The lowest BCUT2D eigenvalue weighted by molar-refractivity contribution is 0.0922. The van der Waals surface area contributed by atoms with Gasteiger partial charge in [-0.25, -0.2) is 0 Å². The Kier molecular flexibility index (Phi) is 5.88. The minimum absolute atomic E-state index is 0.560. The van der Waals surface area contributed by atoms with Crippen molar-refractivity contribution < 1.29 is 14.6 Å². The smallest absolute Gasteiger partial charge is 0.124 e. The molecule has 1 atom stereocenters. The predicted octanol–water partition coefficient (Wildman–Crippen LogP) is 2.86. The van der Waals surface area contributed by atoms with E-state index in [1.54, 1.807) is 14.2 Å². The van der Waals surface area contributed by atoms with Crippen LogP contribution in [0.2, 0.25) is 0 Å². The molecule has 0 aliphatic heterocycles. The highest BCUT2D eigenvalue weighted by atomic mass is 16.5. The van der Waals surface area contributed by atoms with Crippen LogP contribution in [-0.4, -0.2) is 43.9 Å². The molecular weight excluding hydrogens is 266 g/mol. The molecule has 1 aliphatic rings. The fourth-order valence-corrected chi connectivity index (χ4v) is 2.82. The van der Waals surface area contributed by atoms with Crippen molar-refractivity contribution >= 4 is 0 Å². The molecule has 0 amide bonds. The summed E-state index contributed by atoms with van der Waals surface area (Å²) in [5.41, 5.74) is 0.795. The zero-order valence-electron chi connectivity index (χ0n) is 13.3. The van der Waals surface area contributed by atoms with E-state index < -0.39 is 6.10 Å². The first-order valence-corrected chi connectivity index (χ1v) is 7.80. The maximum Gasteiger partial charge on any atom is 0.124 e. The summed E-state index contributed by atoms with van der Waals surface area (Å²) in [6.07, 6.45) is 3.45. The second-order valence-electron chi connectivity index (χ2n) is 5.77. The summed E-state index contributed by atoms with van der Waals surface area (Å²) in [4.78, 5) is 2.33. The zero-order chi connectivity index (χ0) is 15.2. The van der Waals surface area contributed by atoms with Crippen LogP contribution in [-0.2, 0) is 0 Å². The van der Waals surface area contributed by atoms with E-state index in [0.29, 0.717) is 12.3 Å². The van der Waals surface area contributed by atoms with Crippen molar-refractivity contribution in [1.29, 1.82) is 0 Å². The summed E-state index contributed by atoms with van der Waals surface area (Å²) >= 11 is 0. The normalized spacial score (nSPS) is 16.6. The molecule has 1 aliphatic carbocycles. The number of aliphatic hydroxyl groups excluding tert-OH is 1. The third kappa shape index (κ3) is 4.11. The highest BCUT2D eigenvalue weighted by Crippen LogP contribution is 2.31. The predicted molar refractivity (Wildman–Crippen MR) is 84.0 cm³/mol. The minimum Gasteiger partial charge on any atom is -0.497 e. The van der Waals surface area contributed by atoms with Crippen LogP contribution in [0.15, 0.2) is 18.2 Å². The summed E-state index contributed by atoms with van der Waals surface area (Å²) in [7, 11) is 3.26. The Labute approximate surface area is 127 Å². The second kappa shape index (κ2) is 7.66. The maximum absolute atomic E-state index is 10.6. The number of methoxy groups -OCH3 is 2. The van der Waals surface area contributed by atoms with Crippen molar-refractivity contribution in [3.8, 4) is 11.5 Å². The Balaban J connectivity index is 2.04. The lowest BCUT2D eigenvalue weighted by Gasteiger charge is -2.33. The Morgan fingerprint density at radius 2 is 2.05 bits per heavy atom. The molecule has 118 valence electrons. The van der Waals surface area contributed by atoms with E-state index in [9.17, 15) is 5.11 Å². The molecule has 4 nitrogen and oxygen atoms in total. The number of likely N-dealkylation sites (N-methyl/N-ethyl adjacent to an activating group) is 1. The Hall–Kier alpha value is -1.26. The second-order valence-corrected chi connectivity index (χ2v) is 5.77. The van der Waals surface area contributed by atoms with Crippen LogP contribution < -0.4 is 9.47 Å². The van der Waals surface area contributed by atoms with E-state index >= 15 is 0 Å². The molecule has 0 heterocycles. The highest BCUT2D eigenvalue weighted by Gasteiger charge is 2.23. The van der Waals surface area contributed by atoms with Gasteiger partial charge in [-0.1, -0.05) is 13.3 Å².